The molecule has 5 aromatic rings. The van der Waals surface area contributed by atoms with Crippen molar-refractivity contribution in [2.75, 3.05) is 10.6 Å². The van der Waals surface area contributed by atoms with Crippen LogP contribution in [0.15, 0.2) is 126 Å². The smallest absolute Gasteiger partial charge is 0.272 e. The molecule has 1 atom stereocenters. The molecule has 5 rings (SSSR count). The number of fused-ring (bicyclic) bond motifs is 1. The molecule has 0 saturated carbocycles. The Hall–Kier alpha value is -5.08. The number of hydrogen-bond donors (Lipinski definition) is 4. The van der Waals surface area contributed by atoms with E-state index in [1.54, 1.807) is 48.7 Å². The van der Waals surface area contributed by atoms with E-state index in [-0.39, 0.29) is 22.8 Å². The first-order chi connectivity index (χ1) is 20.0. The molecule has 0 aliphatic carbocycles. The van der Waals surface area contributed by atoms with Crippen molar-refractivity contribution in [2.45, 2.75) is 17.1 Å². The first-order valence-electron chi connectivity index (χ1n) is 13.0. The number of carbonyl (C=O) groups is 3. The number of hydrogen-bond acceptors (Lipinski definition) is 4. The Labute approximate surface area is 242 Å². The number of aromatic nitrogens is 1. The minimum atomic E-state index is -0.462. The lowest BCUT2D eigenvalue weighted by molar-refractivity contribution is -0.115. The molecule has 204 valence electrons. The van der Waals surface area contributed by atoms with Crippen molar-refractivity contribution in [1.82, 2.24) is 10.3 Å². The maximum Gasteiger partial charge on any atom is 0.272 e. The highest BCUT2D eigenvalue weighted by molar-refractivity contribution is 8.00. The van der Waals surface area contributed by atoms with Gasteiger partial charge in [-0.2, -0.15) is 0 Å². The van der Waals surface area contributed by atoms with E-state index in [1.807, 2.05) is 79.7 Å². The van der Waals surface area contributed by atoms with Crippen molar-refractivity contribution in [2.24, 2.45) is 0 Å². The summed E-state index contributed by atoms with van der Waals surface area (Å²) < 4.78 is 0. The molecule has 0 spiro atoms. The van der Waals surface area contributed by atoms with Gasteiger partial charge in [0.15, 0.2) is 0 Å². The van der Waals surface area contributed by atoms with E-state index in [0.717, 1.165) is 27.0 Å². The molecule has 1 heterocycles. The van der Waals surface area contributed by atoms with Gasteiger partial charge in [-0.25, -0.2) is 0 Å². The molecule has 0 aliphatic heterocycles. The van der Waals surface area contributed by atoms with Crippen LogP contribution in [0.5, 0.6) is 0 Å². The molecule has 1 aromatic heterocycles. The Morgan fingerprint density at radius 1 is 0.756 bits per heavy atom. The third-order valence-corrected chi connectivity index (χ3v) is 7.40. The minimum absolute atomic E-state index is 0.0974. The highest BCUT2D eigenvalue weighted by atomic mass is 32.2. The fourth-order valence-electron chi connectivity index (χ4n) is 4.15. The number of amides is 3. The molecule has 3 amide bonds. The second-order valence-corrected chi connectivity index (χ2v) is 10.7. The number of benzene rings is 4. The number of H-pyrrole nitrogens is 1. The molecule has 7 nitrogen and oxygen atoms in total. The average molecular weight is 561 g/mol. The molecule has 0 bridgehead atoms. The van der Waals surface area contributed by atoms with Crippen LogP contribution >= 0.6 is 11.8 Å². The fourth-order valence-corrected chi connectivity index (χ4v) is 5.02. The van der Waals surface area contributed by atoms with Gasteiger partial charge in [-0.15, -0.1) is 11.8 Å². The molecule has 41 heavy (non-hydrogen) atoms. The van der Waals surface area contributed by atoms with Gasteiger partial charge in [0.05, 0.1) is 5.25 Å². The van der Waals surface area contributed by atoms with Crippen LogP contribution in [-0.2, 0) is 9.59 Å². The van der Waals surface area contributed by atoms with Gasteiger partial charge in [-0.1, -0.05) is 54.6 Å². The average Bonchev–Trinajstić information content (AvgIpc) is 3.41. The molecule has 4 aromatic carbocycles. The van der Waals surface area contributed by atoms with Crippen molar-refractivity contribution in [1.29, 1.82) is 0 Å². The summed E-state index contributed by atoms with van der Waals surface area (Å²) in [5.41, 5.74) is 3.55. The molecule has 8 heteroatoms. The van der Waals surface area contributed by atoms with Gasteiger partial charge in [-0.3, -0.25) is 14.4 Å². The van der Waals surface area contributed by atoms with Crippen LogP contribution in [0.4, 0.5) is 11.4 Å². The van der Waals surface area contributed by atoms with Crippen LogP contribution in [-0.4, -0.2) is 28.0 Å². The van der Waals surface area contributed by atoms with Crippen molar-refractivity contribution in [3.05, 3.63) is 132 Å². The summed E-state index contributed by atoms with van der Waals surface area (Å²) in [5, 5.41) is 9.16. The number of anilines is 2. The Kier molecular flexibility index (Phi) is 8.61. The third kappa shape index (κ3) is 7.12. The minimum Gasteiger partial charge on any atom is -0.361 e. The van der Waals surface area contributed by atoms with E-state index < -0.39 is 5.91 Å². The van der Waals surface area contributed by atoms with Crippen molar-refractivity contribution < 1.29 is 14.4 Å². The molecule has 0 fully saturated rings. The van der Waals surface area contributed by atoms with E-state index in [2.05, 4.69) is 20.9 Å². The Morgan fingerprint density at radius 2 is 1.39 bits per heavy atom. The molecule has 4 N–H and O–H groups in total. The maximum atomic E-state index is 13.4. The summed E-state index contributed by atoms with van der Waals surface area (Å²) in [7, 11) is 0. The first-order valence-corrected chi connectivity index (χ1v) is 13.9. The van der Waals surface area contributed by atoms with Crippen LogP contribution in [0.2, 0.25) is 0 Å². The summed E-state index contributed by atoms with van der Waals surface area (Å²) in [5.74, 6) is -0.947. The van der Waals surface area contributed by atoms with Crippen LogP contribution in [0.3, 0.4) is 0 Å². The van der Waals surface area contributed by atoms with Crippen LogP contribution in [0, 0.1) is 0 Å². The number of thioether (sulfide) groups is 1. The Balaban J connectivity index is 1.29. The second kappa shape index (κ2) is 12.8. The summed E-state index contributed by atoms with van der Waals surface area (Å²) in [6.07, 6.45) is 3.46. The zero-order chi connectivity index (χ0) is 28.6. The van der Waals surface area contributed by atoms with Gasteiger partial charge in [0.25, 0.3) is 11.8 Å². The van der Waals surface area contributed by atoms with Gasteiger partial charge in [0.1, 0.15) is 5.70 Å². The number of rotatable bonds is 9. The van der Waals surface area contributed by atoms with Crippen LogP contribution in [0.1, 0.15) is 22.8 Å². The standard InChI is InChI=1S/C33H28N4O3S/c1-22(31(38)35-25-12-6-3-7-13-25)41-27-18-16-26(17-19-27)36-33(40)30(37-32(39)23-10-4-2-5-11-23)20-24-21-34-29-15-9-8-14-28(24)29/h2-22,34H,1H3,(H,35,38)(H,36,40)(H,37,39)/b30-20-/t22-/m1/s1. The lowest BCUT2D eigenvalue weighted by atomic mass is 10.1. The Morgan fingerprint density at radius 3 is 2.12 bits per heavy atom. The third-order valence-electron chi connectivity index (χ3n) is 6.29. The molecule has 0 radical (unpaired) electrons. The predicted octanol–water partition coefficient (Wildman–Crippen LogP) is 6.70. The van der Waals surface area contributed by atoms with Gasteiger partial charge >= 0.3 is 0 Å². The normalized spacial score (nSPS) is 12.0. The second-order valence-electron chi connectivity index (χ2n) is 9.26. The number of nitrogens with one attached hydrogen (secondary N) is 4. The lowest BCUT2D eigenvalue weighted by Gasteiger charge is -2.13. The number of aromatic amines is 1. The van der Waals surface area contributed by atoms with Crippen LogP contribution < -0.4 is 16.0 Å². The van der Waals surface area contributed by atoms with Gasteiger partial charge < -0.3 is 20.9 Å². The topological polar surface area (TPSA) is 103 Å². The molecule has 0 aliphatic rings. The molecular weight excluding hydrogens is 532 g/mol. The first kappa shape index (κ1) is 27.5. The predicted molar refractivity (Wildman–Crippen MR) is 166 cm³/mol. The number of carbonyl (C=O) groups excluding carboxylic acids is 3. The summed E-state index contributed by atoms with van der Waals surface area (Å²) in [6.45, 7) is 1.84. The van der Waals surface area contributed by atoms with Crippen molar-refractivity contribution in [3.63, 3.8) is 0 Å². The maximum absolute atomic E-state index is 13.4. The summed E-state index contributed by atoms with van der Waals surface area (Å²) in [4.78, 5) is 43.0. The molecular formula is C33H28N4O3S. The monoisotopic (exact) mass is 560 g/mol. The van der Waals surface area contributed by atoms with Gasteiger partial charge in [0, 0.05) is 44.5 Å². The van der Waals surface area contributed by atoms with Crippen LogP contribution in [0.25, 0.3) is 17.0 Å². The lowest BCUT2D eigenvalue weighted by Crippen LogP contribution is -2.30. The summed E-state index contributed by atoms with van der Waals surface area (Å²) >= 11 is 1.42. The zero-order valence-electron chi connectivity index (χ0n) is 22.3. The molecule has 0 saturated heterocycles. The van der Waals surface area contributed by atoms with E-state index >= 15 is 0 Å². The quantitative estimate of drug-likeness (QED) is 0.119. The SMILES string of the molecule is C[C@@H](Sc1ccc(NC(=O)/C(=C/c2c[nH]c3ccccc23)NC(=O)c2ccccc2)cc1)C(=O)Nc1ccccc1. The molecule has 0 unspecified atom stereocenters. The van der Waals surface area contributed by atoms with E-state index in [9.17, 15) is 14.4 Å². The van der Waals surface area contributed by atoms with E-state index in [1.165, 1.54) is 11.8 Å². The van der Waals surface area contributed by atoms with Crippen molar-refractivity contribution >= 4 is 57.8 Å². The Bertz CT molecular complexity index is 1700. The van der Waals surface area contributed by atoms with E-state index in [4.69, 9.17) is 0 Å². The van der Waals surface area contributed by atoms with E-state index in [0.29, 0.717) is 11.3 Å². The number of para-hydroxylation sites is 2. The zero-order valence-corrected chi connectivity index (χ0v) is 23.1. The highest BCUT2D eigenvalue weighted by Crippen LogP contribution is 2.26. The largest absolute Gasteiger partial charge is 0.361 e. The van der Waals surface area contributed by atoms with Gasteiger partial charge in [-0.05, 0) is 67.6 Å². The summed E-state index contributed by atoms with van der Waals surface area (Å²) in [6, 6.07) is 33.0. The highest BCUT2D eigenvalue weighted by Gasteiger charge is 2.17. The van der Waals surface area contributed by atoms with Crippen molar-refractivity contribution in [3.8, 4) is 0 Å². The van der Waals surface area contributed by atoms with Gasteiger partial charge in [0.2, 0.25) is 5.91 Å². The fraction of sp³-hybridized carbons (Fsp3) is 0.0606.